The molecule has 0 bridgehead atoms. The Bertz CT molecular complexity index is 345. The summed E-state index contributed by atoms with van der Waals surface area (Å²) in [7, 11) is 0. The number of rotatable bonds is 5. The maximum absolute atomic E-state index is 5.83. The number of halogens is 1. The first-order valence-corrected chi connectivity index (χ1v) is 7.61. The zero-order valence-corrected chi connectivity index (χ0v) is 11.8. The van der Waals surface area contributed by atoms with Gasteiger partial charge in [-0.3, -0.25) is 0 Å². The number of piperidine rings is 1. The minimum absolute atomic E-state index is 0.368. The van der Waals surface area contributed by atoms with Crippen LogP contribution < -0.4 is 4.90 Å². The normalized spacial score (nSPS) is 20.8. The molecule has 1 aliphatic heterocycles. The Morgan fingerprint density at radius 3 is 3.24 bits per heavy atom. The van der Waals surface area contributed by atoms with E-state index in [1.54, 1.807) is 11.3 Å². The SMILES string of the molecule is CCCOC1CCCN(c2nc(CCl)cs2)C1. The van der Waals surface area contributed by atoms with Crippen LogP contribution in [0.15, 0.2) is 5.38 Å². The van der Waals surface area contributed by atoms with Gasteiger partial charge >= 0.3 is 0 Å². The second kappa shape index (κ2) is 6.57. The summed E-state index contributed by atoms with van der Waals surface area (Å²) in [5.74, 6) is 0.500. The predicted octanol–water partition coefficient (Wildman–Crippen LogP) is 3.28. The van der Waals surface area contributed by atoms with Crippen LogP contribution in [0, 0.1) is 0 Å². The molecule has 3 nitrogen and oxygen atoms in total. The summed E-state index contributed by atoms with van der Waals surface area (Å²) < 4.78 is 5.83. The van der Waals surface area contributed by atoms with Gasteiger partial charge in [-0.2, -0.15) is 0 Å². The van der Waals surface area contributed by atoms with Gasteiger partial charge in [-0.1, -0.05) is 6.92 Å². The largest absolute Gasteiger partial charge is 0.376 e. The van der Waals surface area contributed by atoms with E-state index in [1.165, 1.54) is 12.8 Å². The fraction of sp³-hybridized carbons (Fsp3) is 0.750. The van der Waals surface area contributed by atoms with E-state index in [2.05, 4.69) is 16.8 Å². The molecule has 1 aromatic rings. The van der Waals surface area contributed by atoms with E-state index in [0.29, 0.717) is 12.0 Å². The Labute approximate surface area is 112 Å². The summed E-state index contributed by atoms with van der Waals surface area (Å²) in [6.07, 6.45) is 3.81. The molecule has 1 unspecified atom stereocenters. The lowest BCUT2D eigenvalue weighted by Crippen LogP contribution is -2.39. The van der Waals surface area contributed by atoms with Crippen LogP contribution in [0.1, 0.15) is 31.9 Å². The molecule has 1 aliphatic rings. The molecule has 0 spiro atoms. The molecule has 0 aromatic carbocycles. The highest BCUT2D eigenvalue weighted by Crippen LogP contribution is 2.25. The van der Waals surface area contributed by atoms with Gasteiger partial charge in [0.15, 0.2) is 5.13 Å². The van der Waals surface area contributed by atoms with Crippen LogP contribution in [0.2, 0.25) is 0 Å². The van der Waals surface area contributed by atoms with Gasteiger partial charge in [0.2, 0.25) is 0 Å². The van der Waals surface area contributed by atoms with Crippen molar-refractivity contribution in [3.05, 3.63) is 11.1 Å². The molecule has 0 N–H and O–H groups in total. The van der Waals surface area contributed by atoms with E-state index in [9.17, 15) is 0 Å². The average Bonchev–Trinajstić information content (AvgIpc) is 2.85. The van der Waals surface area contributed by atoms with E-state index < -0.39 is 0 Å². The van der Waals surface area contributed by atoms with Gasteiger partial charge in [-0.25, -0.2) is 4.98 Å². The third-order valence-corrected chi connectivity index (χ3v) is 4.11. The molecule has 1 fully saturated rings. The summed E-state index contributed by atoms with van der Waals surface area (Å²) >= 11 is 7.46. The summed E-state index contributed by atoms with van der Waals surface area (Å²) in [5.41, 5.74) is 0.975. The van der Waals surface area contributed by atoms with Gasteiger partial charge in [0.05, 0.1) is 17.7 Å². The van der Waals surface area contributed by atoms with Gasteiger partial charge in [0.25, 0.3) is 0 Å². The average molecular weight is 275 g/mol. The van der Waals surface area contributed by atoms with Crippen LogP contribution in [0.25, 0.3) is 0 Å². The number of hydrogen-bond acceptors (Lipinski definition) is 4. The summed E-state index contributed by atoms with van der Waals surface area (Å²) in [4.78, 5) is 6.85. The number of hydrogen-bond donors (Lipinski definition) is 0. The van der Waals surface area contributed by atoms with Crippen molar-refractivity contribution < 1.29 is 4.74 Å². The Kier molecular flexibility index (Phi) is 5.07. The number of ether oxygens (including phenoxy) is 1. The molecule has 1 atom stereocenters. The molecule has 0 amide bonds. The molecule has 96 valence electrons. The zero-order valence-electron chi connectivity index (χ0n) is 10.2. The van der Waals surface area contributed by atoms with Gasteiger partial charge in [-0.15, -0.1) is 22.9 Å². The van der Waals surface area contributed by atoms with E-state index in [4.69, 9.17) is 16.3 Å². The summed E-state index contributed by atoms with van der Waals surface area (Å²) in [6, 6.07) is 0. The molecular weight excluding hydrogens is 256 g/mol. The highest BCUT2D eigenvalue weighted by Gasteiger charge is 2.22. The Morgan fingerprint density at radius 2 is 2.53 bits per heavy atom. The lowest BCUT2D eigenvalue weighted by molar-refractivity contribution is 0.0440. The van der Waals surface area contributed by atoms with Gasteiger partial charge in [0.1, 0.15) is 0 Å². The minimum Gasteiger partial charge on any atom is -0.376 e. The lowest BCUT2D eigenvalue weighted by atomic mass is 10.1. The van der Waals surface area contributed by atoms with Crippen molar-refractivity contribution in [2.45, 2.75) is 38.2 Å². The minimum atomic E-state index is 0.368. The fourth-order valence-electron chi connectivity index (χ4n) is 2.04. The topological polar surface area (TPSA) is 25.4 Å². The molecule has 5 heteroatoms. The molecule has 17 heavy (non-hydrogen) atoms. The van der Waals surface area contributed by atoms with Crippen LogP contribution in [0.4, 0.5) is 5.13 Å². The van der Waals surface area contributed by atoms with Crippen LogP contribution in [0.5, 0.6) is 0 Å². The Morgan fingerprint density at radius 1 is 1.65 bits per heavy atom. The molecule has 1 aromatic heterocycles. The van der Waals surface area contributed by atoms with Crippen LogP contribution in [-0.4, -0.2) is 30.8 Å². The maximum Gasteiger partial charge on any atom is 0.185 e. The second-order valence-corrected chi connectivity index (χ2v) is 5.44. The molecule has 0 radical (unpaired) electrons. The number of thiazole rings is 1. The van der Waals surface area contributed by atoms with E-state index in [-0.39, 0.29) is 0 Å². The van der Waals surface area contributed by atoms with Crippen molar-refractivity contribution in [3.8, 4) is 0 Å². The van der Waals surface area contributed by atoms with Crippen molar-refractivity contribution in [3.63, 3.8) is 0 Å². The number of aromatic nitrogens is 1. The van der Waals surface area contributed by atoms with E-state index in [0.717, 1.165) is 36.9 Å². The third-order valence-electron chi connectivity index (χ3n) is 2.88. The number of alkyl halides is 1. The molecule has 0 saturated carbocycles. The van der Waals surface area contributed by atoms with E-state index >= 15 is 0 Å². The van der Waals surface area contributed by atoms with Crippen molar-refractivity contribution in [1.82, 2.24) is 4.98 Å². The Hall–Kier alpha value is -0.320. The van der Waals surface area contributed by atoms with Gasteiger partial charge < -0.3 is 9.64 Å². The molecular formula is C12H19ClN2OS. The lowest BCUT2D eigenvalue weighted by Gasteiger charge is -2.32. The first kappa shape index (κ1) is 13.1. The summed E-state index contributed by atoms with van der Waals surface area (Å²) in [5, 5.41) is 3.13. The van der Waals surface area contributed by atoms with Gasteiger partial charge in [0, 0.05) is 25.1 Å². The number of anilines is 1. The number of nitrogens with zero attached hydrogens (tertiary/aromatic N) is 2. The van der Waals surface area contributed by atoms with Gasteiger partial charge in [-0.05, 0) is 19.3 Å². The van der Waals surface area contributed by atoms with Crippen molar-refractivity contribution in [1.29, 1.82) is 0 Å². The fourth-order valence-corrected chi connectivity index (χ4v) is 3.13. The van der Waals surface area contributed by atoms with Crippen LogP contribution in [0.3, 0.4) is 0 Å². The van der Waals surface area contributed by atoms with Crippen LogP contribution >= 0.6 is 22.9 Å². The molecule has 1 saturated heterocycles. The van der Waals surface area contributed by atoms with Crippen molar-refractivity contribution >= 4 is 28.1 Å². The zero-order chi connectivity index (χ0) is 12.1. The van der Waals surface area contributed by atoms with E-state index in [1.807, 2.05) is 5.38 Å². The monoisotopic (exact) mass is 274 g/mol. The second-order valence-electron chi connectivity index (χ2n) is 4.34. The third kappa shape index (κ3) is 3.57. The first-order valence-electron chi connectivity index (χ1n) is 6.20. The summed E-state index contributed by atoms with van der Waals surface area (Å²) in [6.45, 7) is 5.06. The maximum atomic E-state index is 5.83. The quantitative estimate of drug-likeness (QED) is 0.771. The smallest absolute Gasteiger partial charge is 0.185 e. The van der Waals surface area contributed by atoms with Crippen molar-refractivity contribution in [2.24, 2.45) is 0 Å². The van der Waals surface area contributed by atoms with Crippen molar-refractivity contribution in [2.75, 3.05) is 24.6 Å². The highest BCUT2D eigenvalue weighted by atomic mass is 35.5. The predicted molar refractivity (Wildman–Crippen MR) is 73.1 cm³/mol. The standard InChI is InChI=1S/C12H19ClN2OS/c1-2-6-16-11-4-3-5-15(8-11)12-14-10(7-13)9-17-12/h9,11H,2-8H2,1H3. The molecule has 2 rings (SSSR count). The molecule has 2 heterocycles. The first-order chi connectivity index (χ1) is 8.33. The van der Waals surface area contributed by atoms with Crippen LogP contribution in [-0.2, 0) is 10.6 Å². The molecule has 0 aliphatic carbocycles. The highest BCUT2D eigenvalue weighted by molar-refractivity contribution is 7.13. The Balaban J connectivity index is 1.92.